The van der Waals surface area contributed by atoms with E-state index in [1.807, 2.05) is 18.6 Å². The quantitative estimate of drug-likeness (QED) is 0.717. The van der Waals surface area contributed by atoms with E-state index in [-0.39, 0.29) is 6.47 Å². The fourth-order valence-corrected chi connectivity index (χ4v) is 3.42. The van der Waals surface area contributed by atoms with E-state index in [2.05, 4.69) is 64.1 Å². The lowest BCUT2D eigenvalue weighted by Gasteiger charge is -2.21. The highest BCUT2D eigenvalue weighted by molar-refractivity contribution is 5.56. The third kappa shape index (κ3) is 4.60. The molecule has 1 fully saturated rings. The summed E-state index contributed by atoms with van der Waals surface area (Å²) in [4.78, 5) is 17.1. The van der Waals surface area contributed by atoms with Crippen molar-refractivity contribution in [3.63, 3.8) is 0 Å². The molecule has 0 aliphatic carbocycles. The van der Waals surface area contributed by atoms with Crippen molar-refractivity contribution in [1.82, 2.24) is 14.5 Å². The van der Waals surface area contributed by atoms with Gasteiger partial charge in [-0.05, 0) is 31.0 Å². The van der Waals surface area contributed by atoms with Crippen molar-refractivity contribution >= 4 is 6.47 Å². The third-order valence-electron chi connectivity index (χ3n) is 4.75. The number of ether oxygens (including phenoxy) is 1. The Hall–Kier alpha value is -2.99. The van der Waals surface area contributed by atoms with Gasteiger partial charge in [-0.15, -0.1) is 0 Å². The third-order valence-corrected chi connectivity index (χ3v) is 4.75. The van der Waals surface area contributed by atoms with Crippen molar-refractivity contribution in [2.24, 2.45) is 5.92 Å². The molecule has 0 spiro atoms. The standard InChI is InChI=1S/C20H21N3O.CH2O2/c1-15-2-4-17(5-3-15)20-22-10-11-23(20)19-14-24-13-18(19)12-16-6-8-21-9-7-16;2-1-3/h2-11,18-19H,12-14H2,1H3;1H,(H,2,3)/t18-,19-;/m1./s1. The number of imidazole rings is 1. The summed E-state index contributed by atoms with van der Waals surface area (Å²) in [6.07, 6.45) is 8.67. The van der Waals surface area contributed by atoms with Crippen LogP contribution in [-0.4, -0.2) is 39.3 Å². The van der Waals surface area contributed by atoms with Crippen molar-refractivity contribution in [1.29, 1.82) is 0 Å². The average molecular weight is 365 g/mol. The van der Waals surface area contributed by atoms with Gasteiger partial charge in [0.15, 0.2) is 0 Å². The van der Waals surface area contributed by atoms with Gasteiger partial charge in [0.1, 0.15) is 5.82 Å². The van der Waals surface area contributed by atoms with Crippen molar-refractivity contribution in [3.8, 4) is 11.4 Å². The smallest absolute Gasteiger partial charge is 0.290 e. The van der Waals surface area contributed by atoms with Crippen LogP contribution in [0.1, 0.15) is 17.2 Å². The van der Waals surface area contributed by atoms with Gasteiger partial charge in [-0.1, -0.05) is 29.8 Å². The molecule has 3 aromatic rings. The number of hydrogen-bond donors (Lipinski definition) is 1. The summed E-state index contributed by atoms with van der Waals surface area (Å²) in [5.74, 6) is 1.47. The summed E-state index contributed by atoms with van der Waals surface area (Å²) in [7, 11) is 0. The maximum absolute atomic E-state index is 8.36. The molecule has 1 aromatic carbocycles. The van der Waals surface area contributed by atoms with Crippen LogP contribution in [0.5, 0.6) is 0 Å². The first kappa shape index (κ1) is 18.8. The molecule has 0 saturated carbocycles. The Morgan fingerprint density at radius 1 is 1.15 bits per heavy atom. The average Bonchev–Trinajstić information content (AvgIpc) is 3.33. The highest BCUT2D eigenvalue weighted by Gasteiger charge is 2.31. The molecule has 1 N–H and O–H groups in total. The van der Waals surface area contributed by atoms with Gasteiger partial charge in [0.2, 0.25) is 0 Å². The highest BCUT2D eigenvalue weighted by atomic mass is 16.5. The van der Waals surface area contributed by atoms with E-state index in [4.69, 9.17) is 14.6 Å². The number of pyridine rings is 1. The predicted molar refractivity (Wildman–Crippen MR) is 102 cm³/mol. The van der Waals surface area contributed by atoms with Crippen LogP contribution in [0.4, 0.5) is 0 Å². The van der Waals surface area contributed by atoms with E-state index < -0.39 is 0 Å². The zero-order valence-electron chi connectivity index (χ0n) is 15.2. The van der Waals surface area contributed by atoms with E-state index in [9.17, 15) is 0 Å². The van der Waals surface area contributed by atoms with E-state index >= 15 is 0 Å². The lowest BCUT2D eigenvalue weighted by molar-refractivity contribution is -0.122. The second-order valence-corrected chi connectivity index (χ2v) is 6.55. The summed E-state index contributed by atoms with van der Waals surface area (Å²) in [5, 5.41) is 6.89. The predicted octanol–water partition coefficient (Wildman–Crippen LogP) is 3.38. The SMILES string of the molecule is Cc1ccc(-c2nccn2[C@@H]2COC[C@H]2Cc2ccncc2)cc1.O=CO. The number of nitrogens with zero attached hydrogens (tertiary/aromatic N) is 3. The number of aryl methyl sites for hydroxylation is 1. The highest BCUT2D eigenvalue weighted by Crippen LogP contribution is 2.32. The summed E-state index contributed by atoms with van der Waals surface area (Å²) < 4.78 is 8.09. The molecule has 0 unspecified atom stereocenters. The molecule has 0 bridgehead atoms. The molecule has 3 heterocycles. The molecule has 2 atom stereocenters. The molecule has 6 heteroatoms. The molecule has 6 nitrogen and oxygen atoms in total. The van der Waals surface area contributed by atoms with Crippen LogP contribution in [0.2, 0.25) is 0 Å². The number of carboxylic acid groups (broad SMARTS) is 1. The van der Waals surface area contributed by atoms with Crippen molar-refractivity contribution < 1.29 is 14.6 Å². The van der Waals surface area contributed by atoms with Crippen molar-refractivity contribution in [3.05, 3.63) is 72.3 Å². The zero-order chi connectivity index (χ0) is 19.1. The van der Waals surface area contributed by atoms with Gasteiger partial charge >= 0.3 is 0 Å². The minimum Gasteiger partial charge on any atom is -0.483 e. The number of benzene rings is 1. The summed E-state index contributed by atoms with van der Waals surface area (Å²) in [6.45, 7) is 3.38. The van der Waals surface area contributed by atoms with Crippen LogP contribution in [0.25, 0.3) is 11.4 Å². The number of hydrogen-bond acceptors (Lipinski definition) is 4. The minimum atomic E-state index is -0.250. The van der Waals surface area contributed by atoms with Gasteiger partial charge in [-0.2, -0.15) is 0 Å². The fourth-order valence-electron chi connectivity index (χ4n) is 3.42. The van der Waals surface area contributed by atoms with E-state index in [0.717, 1.165) is 31.0 Å². The van der Waals surface area contributed by atoms with Crippen LogP contribution in [0.3, 0.4) is 0 Å². The molecule has 4 rings (SSSR count). The Morgan fingerprint density at radius 2 is 1.85 bits per heavy atom. The Balaban J connectivity index is 0.000000659. The molecule has 1 aliphatic rings. The summed E-state index contributed by atoms with van der Waals surface area (Å²) in [5.41, 5.74) is 3.72. The van der Waals surface area contributed by atoms with Crippen LogP contribution in [0.15, 0.2) is 61.2 Å². The van der Waals surface area contributed by atoms with E-state index in [1.54, 1.807) is 0 Å². The second kappa shape index (κ2) is 9.09. The monoisotopic (exact) mass is 365 g/mol. The first-order chi connectivity index (χ1) is 13.2. The van der Waals surface area contributed by atoms with Crippen LogP contribution >= 0.6 is 0 Å². The van der Waals surface area contributed by atoms with Gasteiger partial charge in [0.25, 0.3) is 6.47 Å². The lowest BCUT2D eigenvalue weighted by atomic mass is 9.95. The van der Waals surface area contributed by atoms with Gasteiger partial charge in [-0.25, -0.2) is 4.98 Å². The molecule has 140 valence electrons. The van der Waals surface area contributed by atoms with Gasteiger partial charge in [0, 0.05) is 36.3 Å². The van der Waals surface area contributed by atoms with E-state index in [1.165, 1.54) is 11.1 Å². The Bertz CT molecular complexity index is 847. The van der Waals surface area contributed by atoms with Crippen LogP contribution in [0, 0.1) is 12.8 Å². The first-order valence-electron chi connectivity index (χ1n) is 8.87. The molecule has 0 amide bonds. The maximum Gasteiger partial charge on any atom is 0.290 e. The van der Waals surface area contributed by atoms with Crippen molar-refractivity contribution in [2.45, 2.75) is 19.4 Å². The molecular weight excluding hydrogens is 342 g/mol. The maximum atomic E-state index is 8.36. The van der Waals surface area contributed by atoms with Crippen molar-refractivity contribution in [2.75, 3.05) is 13.2 Å². The van der Waals surface area contributed by atoms with E-state index in [0.29, 0.717) is 12.0 Å². The Kier molecular flexibility index (Phi) is 6.33. The summed E-state index contributed by atoms with van der Waals surface area (Å²) >= 11 is 0. The minimum absolute atomic E-state index is 0.250. The Labute approximate surface area is 158 Å². The van der Waals surface area contributed by atoms with Crippen LogP contribution < -0.4 is 0 Å². The topological polar surface area (TPSA) is 77.2 Å². The lowest BCUT2D eigenvalue weighted by Crippen LogP contribution is -2.20. The Morgan fingerprint density at radius 3 is 2.56 bits per heavy atom. The van der Waals surface area contributed by atoms with Gasteiger partial charge in [0.05, 0.1) is 19.3 Å². The number of carbonyl (C=O) groups is 1. The zero-order valence-corrected chi connectivity index (χ0v) is 15.2. The second-order valence-electron chi connectivity index (χ2n) is 6.55. The molecule has 1 aliphatic heterocycles. The molecular formula is C21H23N3O3. The number of rotatable bonds is 4. The van der Waals surface area contributed by atoms with Gasteiger partial charge in [-0.3, -0.25) is 9.78 Å². The molecule has 2 aromatic heterocycles. The molecule has 0 radical (unpaired) electrons. The van der Waals surface area contributed by atoms with Gasteiger partial charge < -0.3 is 14.4 Å². The van der Waals surface area contributed by atoms with Crippen LogP contribution in [-0.2, 0) is 16.0 Å². The fraction of sp³-hybridized carbons (Fsp3) is 0.286. The summed E-state index contributed by atoms with van der Waals surface area (Å²) in [6, 6.07) is 13.0. The normalized spacial score (nSPS) is 18.6. The largest absolute Gasteiger partial charge is 0.483 e. The first-order valence-corrected chi connectivity index (χ1v) is 8.87. The molecule has 27 heavy (non-hydrogen) atoms. The molecule has 1 saturated heterocycles. The number of aromatic nitrogens is 3.